The van der Waals surface area contributed by atoms with Gasteiger partial charge in [0.15, 0.2) is 0 Å². The van der Waals surface area contributed by atoms with Gasteiger partial charge >= 0.3 is 5.97 Å². The molecule has 2 rings (SSSR count). The minimum absolute atomic E-state index is 0.464. The van der Waals surface area contributed by atoms with Crippen LogP contribution in [0.25, 0.3) is 6.08 Å². The van der Waals surface area contributed by atoms with Crippen LogP contribution in [0.15, 0.2) is 54.6 Å². The molecule has 21 heavy (non-hydrogen) atoms. The summed E-state index contributed by atoms with van der Waals surface area (Å²) in [7, 11) is 0. The van der Waals surface area contributed by atoms with Gasteiger partial charge in [-0.1, -0.05) is 43.3 Å². The number of aliphatic carboxylic acids is 1. The summed E-state index contributed by atoms with van der Waals surface area (Å²) in [6.45, 7) is 2.56. The number of rotatable bonds is 6. The topological polar surface area (TPSA) is 46.5 Å². The second-order valence-electron chi connectivity index (χ2n) is 4.67. The van der Waals surface area contributed by atoms with E-state index in [0.29, 0.717) is 6.61 Å². The number of aryl methyl sites for hydroxylation is 1. The molecule has 1 N–H and O–H groups in total. The quantitative estimate of drug-likeness (QED) is 0.817. The van der Waals surface area contributed by atoms with Crippen LogP contribution in [-0.4, -0.2) is 11.1 Å². The molecule has 0 saturated carbocycles. The van der Waals surface area contributed by atoms with Crippen molar-refractivity contribution in [1.29, 1.82) is 0 Å². The average molecular weight is 282 g/mol. The van der Waals surface area contributed by atoms with E-state index in [1.54, 1.807) is 6.08 Å². The summed E-state index contributed by atoms with van der Waals surface area (Å²) in [5, 5.41) is 8.64. The fraction of sp³-hybridized carbons (Fsp3) is 0.167. The van der Waals surface area contributed by atoms with Crippen LogP contribution in [0.5, 0.6) is 5.75 Å². The minimum Gasteiger partial charge on any atom is -0.489 e. The predicted octanol–water partition coefficient (Wildman–Crippen LogP) is 3.93. The van der Waals surface area contributed by atoms with Crippen molar-refractivity contribution in [2.45, 2.75) is 20.0 Å². The Balaban J connectivity index is 2.06. The van der Waals surface area contributed by atoms with E-state index in [-0.39, 0.29) is 0 Å². The highest BCUT2D eigenvalue weighted by atomic mass is 16.5. The number of hydrogen-bond acceptors (Lipinski definition) is 2. The third-order valence-electron chi connectivity index (χ3n) is 3.12. The molecule has 0 aliphatic rings. The van der Waals surface area contributed by atoms with Crippen molar-refractivity contribution in [1.82, 2.24) is 0 Å². The maximum atomic E-state index is 10.5. The first-order valence-electron chi connectivity index (χ1n) is 6.89. The van der Waals surface area contributed by atoms with Gasteiger partial charge in [0.05, 0.1) is 0 Å². The second-order valence-corrected chi connectivity index (χ2v) is 4.67. The Hall–Kier alpha value is -2.55. The van der Waals surface area contributed by atoms with Gasteiger partial charge in [0.2, 0.25) is 0 Å². The van der Waals surface area contributed by atoms with Crippen LogP contribution < -0.4 is 4.74 Å². The van der Waals surface area contributed by atoms with Gasteiger partial charge in [-0.2, -0.15) is 0 Å². The van der Waals surface area contributed by atoms with Gasteiger partial charge < -0.3 is 9.84 Å². The van der Waals surface area contributed by atoms with Crippen molar-refractivity contribution in [3.63, 3.8) is 0 Å². The highest BCUT2D eigenvalue weighted by Crippen LogP contribution is 2.20. The Labute approximate surface area is 124 Å². The Morgan fingerprint density at radius 3 is 2.76 bits per heavy atom. The Bertz CT molecular complexity index is 644. The monoisotopic (exact) mass is 282 g/mol. The van der Waals surface area contributed by atoms with E-state index >= 15 is 0 Å². The SMILES string of the molecule is CCc1ccccc1OCc1cccc(C=CC(=O)O)c1. The smallest absolute Gasteiger partial charge is 0.328 e. The van der Waals surface area contributed by atoms with Crippen LogP contribution in [0.4, 0.5) is 0 Å². The van der Waals surface area contributed by atoms with Gasteiger partial charge in [-0.15, -0.1) is 0 Å². The first-order chi connectivity index (χ1) is 10.2. The molecule has 2 aromatic carbocycles. The van der Waals surface area contributed by atoms with E-state index in [1.807, 2.05) is 42.5 Å². The van der Waals surface area contributed by atoms with E-state index in [2.05, 4.69) is 13.0 Å². The number of hydrogen-bond donors (Lipinski definition) is 1. The third kappa shape index (κ3) is 4.49. The molecule has 0 heterocycles. The summed E-state index contributed by atoms with van der Waals surface area (Å²) in [5.41, 5.74) is 3.04. The Kier molecular flexibility index (Phi) is 5.16. The number of ether oxygens (including phenoxy) is 1. The van der Waals surface area contributed by atoms with Gasteiger partial charge in [-0.3, -0.25) is 0 Å². The van der Waals surface area contributed by atoms with Crippen LogP contribution >= 0.6 is 0 Å². The van der Waals surface area contributed by atoms with Gasteiger partial charge in [-0.25, -0.2) is 4.79 Å². The van der Waals surface area contributed by atoms with Crippen molar-refractivity contribution in [3.8, 4) is 5.75 Å². The van der Waals surface area contributed by atoms with E-state index < -0.39 is 5.97 Å². The van der Waals surface area contributed by atoms with Gasteiger partial charge in [-0.05, 0) is 41.3 Å². The van der Waals surface area contributed by atoms with Crippen molar-refractivity contribution in [2.24, 2.45) is 0 Å². The Morgan fingerprint density at radius 2 is 2.00 bits per heavy atom. The molecular weight excluding hydrogens is 264 g/mol. The van der Waals surface area contributed by atoms with Crippen LogP contribution in [0, 0.1) is 0 Å². The molecule has 3 nitrogen and oxygen atoms in total. The van der Waals surface area contributed by atoms with Crippen molar-refractivity contribution in [2.75, 3.05) is 0 Å². The van der Waals surface area contributed by atoms with Crippen LogP contribution in [-0.2, 0) is 17.8 Å². The molecule has 0 spiro atoms. The van der Waals surface area contributed by atoms with Crippen LogP contribution in [0.2, 0.25) is 0 Å². The third-order valence-corrected chi connectivity index (χ3v) is 3.12. The summed E-state index contributed by atoms with van der Waals surface area (Å²) >= 11 is 0. The van der Waals surface area contributed by atoms with Crippen molar-refractivity contribution >= 4 is 12.0 Å². The van der Waals surface area contributed by atoms with E-state index in [0.717, 1.165) is 29.4 Å². The lowest BCUT2D eigenvalue weighted by molar-refractivity contribution is -0.131. The molecule has 108 valence electrons. The fourth-order valence-electron chi connectivity index (χ4n) is 2.05. The summed E-state index contributed by atoms with van der Waals surface area (Å²) in [4.78, 5) is 10.5. The molecule has 0 bridgehead atoms. The van der Waals surface area contributed by atoms with Gasteiger partial charge in [0.1, 0.15) is 12.4 Å². The average Bonchev–Trinajstić information content (AvgIpc) is 2.51. The minimum atomic E-state index is -0.950. The second kappa shape index (κ2) is 7.29. The van der Waals surface area contributed by atoms with E-state index in [1.165, 1.54) is 5.56 Å². The normalized spacial score (nSPS) is 10.7. The lowest BCUT2D eigenvalue weighted by Gasteiger charge is -2.10. The molecule has 3 heteroatoms. The molecule has 0 aliphatic heterocycles. The van der Waals surface area contributed by atoms with Gasteiger partial charge in [0.25, 0.3) is 0 Å². The molecule has 0 unspecified atom stereocenters. The van der Waals surface area contributed by atoms with E-state index in [9.17, 15) is 4.79 Å². The van der Waals surface area contributed by atoms with E-state index in [4.69, 9.17) is 9.84 Å². The van der Waals surface area contributed by atoms with Crippen LogP contribution in [0.3, 0.4) is 0 Å². The highest BCUT2D eigenvalue weighted by Gasteiger charge is 2.01. The molecule has 0 aliphatic carbocycles. The fourth-order valence-corrected chi connectivity index (χ4v) is 2.05. The molecular formula is C18H18O3. The first kappa shape index (κ1) is 14.9. The zero-order chi connectivity index (χ0) is 15.1. The van der Waals surface area contributed by atoms with Crippen molar-refractivity contribution < 1.29 is 14.6 Å². The molecule has 0 radical (unpaired) electrons. The standard InChI is InChI=1S/C18H18O3/c1-2-16-8-3-4-9-17(16)21-13-15-7-5-6-14(12-15)10-11-18(19)20/h3-12H,2,13H2,1H3,(H,19,20). The maximum absolute atomic E-state index is 10.5. The number of carbonyl (C=O) groups is 1. The zero-order valence-electron chi connectivity index (χ0n) is 12.0. The molecule has 0 amide bonds. The molecule has 2 aromatic rings. The number of para-hydroxylation sites is 1. The lowest BCUT2D eigenvalue weighted by Crippen LogP contribution is -1.98. The molecule has 0 aromatic heterocycles. The molecule has 0 fully saturated rings. The summed E-state index contributed by atoms with van der Waals surface area (Å²) in [6, 6.07) is 15.6. The summed E-state index contributed by atoms with van der Waals surface area (Å²) in [6.07, 6.45) is 3.63. The zero-order valence-corrected chi connectivity index (χ0v) is 12.0. The van der Waals surface area contributed by atoms with Crippen molar-refractivity contribution in [3.05, 3.63) is 71.3 Å². The largest absolute Gasteiger partial charge is 0.489 e. The summed E-state index contributed by atoms with van der Waals surface area (Å²) in [5.74, 6) is -0.0555. The molecule has 0 saturated heterocycles. The number of carboxylic acids is 1. The van der Waals surface area contributed by atoms with Gasteiger partial charge in [0, 0.05) is 6.08 Å². The predicted molar refractivity (Wildman–Crippen MR) is 83.3 cm³/mol. The highest BCUT2D eigenvalue weighted by molar-refractivity contribution is 5.85. The first-order valence-corrected chi connectivity index (χ1v) is 6.89. The van der Waals surface area contributed by atoms with Crippen LogP contribution in [0.1, 0.15) is 23.6 Å². The lowest BCUT2D eigenvalue weighted by atomic mass is 10.1. The Morgan fingerprint density at radius 1 is 1.19 bits per heavy atom. The molecule has 0 atom stereocenters. The number of carboxylic acid groups (broad SMARTS) is 1. The summed E-state index contributed by atoms with van der Waals surface area (Å²) < 4.78 is 5.85. The maximum Gasteiger partial charge on any atom is 0.328 e. The number of benzene rings is 2.